The van der Waals surface area contributed by atoms with E-state index >= 15 is 0 Å². The third-order valence-electron chi connectivity index (χ3n) is 4.97. The van der Waals surface area contributed by atoms with Crippen LogP contribution >= 0.6 is 11.3 Å². The molecule has 0 unspecified atom stereocenters. The molecule has 5 nitrogen and oxygen atoms in total. The first-order valence-corrected chi connectivity index (χ1v) is 11.3. The summed E-state index contributed by atoms with van der Waals surface area (Å²) in [5.41, 5.74) is 4.49. The zero-order valence-electron chi connectivity index (χ0n) is 18.5. The quantitative estimate of drug-likeness (QED) is 0.513. The van der Waals surface area contributed by atoms with Gasteiger partial charge in [-0.1, -0.05) is 30.7 Å². The predicted molar refractivity (Wildman–Crippen MR) is 129 cm³/mol. The Bertz CT molecular complexity index is 1040. The summed E-state index contributed by atoms with van der Waals surface area (Å²) in [5, 5.41) is 4.86. The molecule has 0 aliphatic rings. The van der Waals surface area contributed by atoms with E-state index in [9.17, 15) is 9.59 Å². The van der Waals surface area contributed by atoms with E-state index in [1.165, 1.54) is 11.3 Å². The molecule has 0 spiro atoms. The van der Waals surface area contributed by atoms with E-state index < -0.39 is 0 Å². The van der Waals surface area contributed by atoms with Crippen molar-refractivity contribution in [2.24, 2.45) is 0 Å². The number of aryl methyl sites for hydroxylation is 1. The number of rotatable bonds is 8. The highest BCUT2D eigenvalue weighted by Gasteiger charge is 2.18. The Balaban J connectivity index is 1.88. The van der Waals surface area contributed by atoms with Crippen molar-refractivity contribution in [3.05, 3.63) is 81.5 Å². The SMILES string of the molecule is CCCN(Cc1cc(NC(=O)c2cccs2)ccc1N(C)C)C(=O)c1cccc(C)c1. The summed E-state index contributed by atoms with van der Waals surface area (Å²) in [6, 6.07) is 17.2. The molecule has 0 aliphatic heterocycles. The molecule has 0 atom stereocenters. The molecular weight excluding hydrogens is 406 g/mol. The van der Waals surface area contributed by atoms with Gasteiger partial charge >= 0.3 is 0 Å². The molecule has 31 heavy (non-hydrogen) atoms. The van der Waals surface area contributed by atoms with Crippen molar-refractivity contribution < 1.29 is 9.59 Å². The van der Waals surface area contributed by atoms with Crippen molar-refractivity contribution in [3.8, 4) is 0 Å². The fourth-order valence-corrected chi connectivity index (χ4v) is 4.13. The third kappa shape index (κ3) is 5.73. The van der Waals surface area contributed by atoms with Gasteiger partial charge in [0.15, 0.2) is 0 Å². The lowest BCUT2D eigenvalue weighted by Crippen LogP contribution is -2.32. The van der Waals surface area contributed by atoms with Gasteiger partial charge in [-0.25, -0.2) is 0 Å². The lowest BCUT2D eigenvalue weighted by Gasteiger charge is -2.26. The van der Waals surface area contributed by atoms with Crippen LogP contribution in [0.4, 0.5) is 11.4 Å². The molecular formula is C25H29N3O2S. The lowest BCUT2D eigenvalue weighted by atomic mass is 10.1. The van der Waals surface area contributed by atoms with Crippen LogP contribution in [0.15, 0.2) is 60.0 Å². The second kappa shape index (κ2) is 10.3. The Hall–Kier alpha value is -3.12. The summed E-state index contributed by atoms with van der Waals surface area (Å²) in [6.07, 6.45) is 0.865. The van der Waals surface area contributed by atoms with Crippen LogP contribution in [0.5, 0.6) is 0 Å². The molecule has 1 heterocycles. The first kappa shape index (κ1) is 22.6. The third-order valence-corrected chi connectivity index (χ3v) is 5.84. The highest BCUT2D eigenvalue weighted by molar-refractivity contribution is 7.12. The predicted octanol–water partition coefficient (Wildman–Crippen LogP) is 5.43. The van der Waals surface area contributed by atoms with Crippen LogP contribution in [-0.4, -0.2) is 37.4 Å². The minimum Gasteiger partial charge on any atom is -0.377 e. The highest BCUT2D eigenvalue weighted by atomic mass is 32.1. The molecule has 0 saturated carbocycles. The van der Waals surface area contributed by atoms with Gasteiger partial charge in [0.1, 0.15) is 0 Å². The molecule has 0 bridgehead atoms. The summed E-state index contributed by atoms with van der Waals surface area (Å²) in [7, 11) is 3.96. The monoisotopic (exact) mass is 435 g/mol. The van der Waals surface area contributed by atoms with Crippen LogP contribution in [0.3, 0.4) is 0 Å². The Kier molecular flexibility index (Phi) is 7.47. The zero-order chi connectivity index (χ0) is 22.4. The van der Waals surface area contributed by atoms with Crippen LogP contribution in [0.2, 0.25) is 0 Å². The first-order chi connectivity index (χ1) is 14.9. The van der Waals surface area contributed by atoms with E-state index in [-0.39, 0.29) is 11.8 Å². The summed E-state index contributed by atoms with van der Waals surface area (Å²) in [6.45, 7) is 5.19. The summed E-state index contributed by atoms with van der Waals surface area (Å²) in [5.74, 6) is -0.108. The van der Waals surface area contributed by atoms with Gasteiger partial charge in [0, 0.05) is 44.1 Å². The second-order valence-electron chi connectivity index (χ2n) is 7.77. The number of benzene rings is 2. The van der Waals surface area contributed by atoms with Gasteiger partial charge in [-0.15, -0.1) is 11.3 Å². The molecule has 0 fully saturated rings. The van der Waals surface area contributed by atoms with Crippen LogP contribution in [-0.2, 0) is 6.54 Å². The van der Waals surface area contributed by atoms with Crippen LogP contribution < -0.4 is 10.2 Å². The Morgan fingerprint density at radius 1 is 1.03 bits per heavy atom. The molecule has 162 valence electrons. The number of thiophene rings is 1. The number of carbonyl (C=O) groups is 2. The maximum Gasteiger partial charge on any atom is 0.265 e. The van der Waals surface area contributed by atoms with E-state index in [1.807, 2.05) is 84.7 Å². The number of carbonyl (C=O) groups excluding carboxylic acids is 2. The van der Waals surface area contributed by atoms with Crippen molar-refractivity contribution in [2.75, 3.05) is 30.9 Å². The van der Waals surface area contributed by atoms with Crippen LogP contribution in [0.1, 0.15) is 44.5 Å². The number of hydrogen-bond acceptors (Lipinski definition) is 4. The normalized spacial score (nSPS) is 10.6. The van der Waals surface area contributed by atoms with E-state index in [4.69, 9.17) is 0 Å². The Labute approximate surface area is 188 Å². The first-order valence-electron chi connectivity index (χ1n) is 10.4. The number of nitrogens with zero attached hydrogens (tertiary/aromatic N) is 2. The van der Waals surface area contributed by atoms with Crippen LogP contribution in [0.25, 0.3) is 0 Å². The van der Waals surface area contributed by atoms with Gasteiger partial charge in [0.25, 0.3) is 11.8 Å². The van der Waals surface area contributed by atoms with Crippen molar-refractivity contribution in [3.63, 3.8) is 0 Å². The van der Waals surface area contributed by atoms with Crippen molar-refractivity contribution >= 4 is 34.5 Å². The van der Waals surface area contributed by atoms with Gasteiger partial charge in [-0.05, 0) is 60.7 Å². The Morgan fingerprint density at radius 2 is 1.84 bits per heavy atom. The fraction of sp³-hybridized carbons (Fsp3) is 0.280. The van der Waals surface area contributed by atoms with Crippen molar-refractivity contribution in [1.29, 1.82) is 0 Å². The average Bonchev–Trinajstić information content (AvgIpc) is 3.28. The standard InChI is InChI=1S/C25H29N3O2S/c1-5-13-28(25(30)19-9-6-8-18(2)15-19)17-20-16-21(11-12-22(20)27(3)4)26-24(29)23-10-7-14-31-23/h6-12,14-16H,5,13,17H2,1-4H3,(H,26,29). The number of amides is 2. The smallest absolute Gasteiger partial charge is 0.265 e. The van der Waals surface area contributed by atoms with E-state index in [0.717, 1.165) is 28.9 Å². The minimum atomic E-state index is -0.125. The average molecular weight is 436 g/mol. The summed E-state index contributed by atoms with van der Waals surface area (Å²) < 4.78 is 0. The Morgan fingerprint density at radius 3 is 2.48 bits per heavy atom. The van der Waals surface area contributed by atoms with E-state index in [2.05, 4.69) is 12.2 Å². The molecule has 1 aromatic heterocycles. The molecule has 3 aromatic rings. The summed E-state index contributed by atoms with van der Waals surface area (Å²) in [4.78, 5) is 30.3. The largest absolute Gasteiger partial charge is 0.377 e. The van der Waals surface area contributed by atoms with Gasteiger partial charge in [-0.2, -0.15) is 0 Å². The van der Waals surface area contributed by atoms with E-state index in [1.54, 1.807) is 6.07 Å². The maximum atomic E-state index is 13.2. The molecule has 1 N–H and O–H groups in total. The maximum absolute atomic E-state index is 13.2. The fourth-order valence-electron chi connectivity index (χ4n) is 3.52. The topological polar surface area (TPSA) is 52.7 Å². The molecule has 0 radical (unpaired) electrons. The number of nitrogens with one attached hydrogen (secondary N) is 1. The van der Waals surface area contributed by atoms with Crippen LogP contribution in [0, 0.1) is 6.92 Å². The van der Waals surface area contributed by atoms with Crippen molar-refractivity contribution in [1.82, 2.24) is 4.90 Å². The van der Waals surface area contributed by atoms with Gasteiger partial charge in [-0.3, -0.25) is 9.59 Å². The van der Waals surface area contributed by atoms with Gasteiger partial charge in [0.2, 0.25) is 0 Å². The van der Waals surface area contributed by atoms with E-state index in [0.29, 0.717) is 23.5 Å². The molecule has 3 rings (SSSR count). The zero-order valence-corrected chi connectivity index (χ0v) is 19.3. The number of hydrogen-bond donors (Lipinski definition) is 1. The molecule has 0 saturated heterocycles. The lowest BCUT2D eigenvalue weighted by molar-refractivity contribution is 0.0743. The molecule has 2 aromatic carbocycles. The summed E-state index contributed by atoms with van der Waals surface area (Å²) >= 11 is 1.41. The number of anilines is 2. The van der Waals surface area contributed by atoms with Gasteiger partial charge in [0.05, 0.1) is 4.88 Å². The van der Waals surface area contributed by atoms with Crippen molar-refractivity contribution in [2.45, 2.75) is 26.8 Å². The molecule has 6 heteroatoms. The molecule has 0 aliphatic carbocycles. The molecule has 2 amide bonds. The minimum absolute atomic E-state index is 0.0169. The van der Waals surface area contributed by atoms with Gasteiger partial charge < -0.3 is 15.1 Å². The highest BCUT2D eigenvalue weighted by Crippen LogP contribution is 2.26. The second-order valence-corrected chi connectivity index (χ2v) is 8.71.